The molecule has 8 heteroatoms. The van der Waals surface area contributed by atoms with Gasteiger partial charge in [0.1, 0.15) is 11.4 Å². The molecule has 0 spiro atoms. The number of aromatic nitrogens is 2. The Kier molecular flexibility index (Phi) is 7.52. The largest absolute Gasteiger partial charge is 0.457 e. The number of rotatable bonds is 9. The van der Waals surface area contributed by atoms with E-state index in [1.165, 1.54) is 0 Å². The van der Waals surface area contributed by atoms with E-state index in [9.17, 15) is 19.2 Å². The van der Waals surface area contributed by atoms with Crippen molar-refractivity contribution >= 4 is 17.6 Å². The minimum Gasteiger partial charge on any atom is -0.457 e. The van der Waals surface area contributed by atoms with Gasteiger partial charge in [0, 0.05) is 6.54 Å². The van der Waals surface area contributed by atoms with Crippen LogP contribution in [0.5, 0.6) is 0 Å². The summed E-state index contributed by atoms with van der Waals surface area (Å²) in [6.45, 7) is 5.36. The van der Waals surface area contributed by atoms with Crippen molar-refractivity contribution in [3.63, 3.8) is 0 Å². The van der Waals surface area contributed by atoms with E-state index in [0.717, 1.165) is 16.6 Å². The fourth-order valence-corrected chi connectivity index (χ4v) is 3.19. The number of anilines is 1. The Bertz CT molecular complexity index is 978. The van der Waals surface area contributed by atoms with Crippen LogP contribution in [-0.2, 0) is 16.1 Å². The first-order valence-corrected chi connectivity index (χ1v) is 9.69. The van der Waals surface area contributed by atoms with Crippen LogP contribution in [0.3, 0.4) is 0 Å². The van der Waals surface area contributed by atoms with Crippen molar-refractivity contribution in [3.8, 4) is 0 Å². The monoisotopic (exact) mass is 401 g/mol. The van der Waals surface area contributed by atoms with Gasteiger partial charge < -0.3 is 10.5 Å². The molecule has 0 bridgehead atoms. The molecule has 1 heterocycles. The van der Waals surface area contributed by atoms with Crippen LogP contribution in [-0.4, -0.2) is 27.9 Å². The molecular weight excluding hydrogens is 374 g/mol. The molecule has 8 nitrogen and oxygen atoms in total. The molecule has 1 aromatic carbocycles. The second-order valence-corrected chi connectivity index (χ2v) is 6.98. The van der Waals surface area contributed by atoms with E-state index in [1.54, 1.807) is 0 Å². The Morgan fingerprint density at radius 3 is 2.41 bits per heavy atom. The summed E-state index contributed by atoms with van der Waals surface area (Å²) < 4.78 is 6.38. The predicted octanol–water partition coefficient (Wildman–Crippen LogP) is 2.08. The number of nitrogens with one attached hydrogen (secondary N) is 1. The zero-order valence-corrected chi connectivity index (χ0v) is 16.9. The number of ether oxygens (including phenoxy) is 1. The van der Waals surface area contributed by atoms with E-state index in [-0.39, 0.29) is 23.8 Å². The normalized spacial score (nSPS) is 12.9. The Morgan fingerprint density at radius 2 is 1.83 bits per heavy atom. The first kappa shape index (κ1) is 22.1. The predicted molar refractivity (Wildman–Crippen MR) is 110 cm³/mol. The van der Waals surface area contributed by atoms with Crippen LogP contribution in [0.25, 0.3) is 0 Å². The van der Waals surface area contributed by atoms with E-state index in [1.807, 2.05) is 51.1 Å². The Hall–Kier alpha value is -3.16. The number of nitrogens with two attached hydrogens (primary N) is 1. The van der Waals surface area contributed by atoms with E-state index in [0.29, 0.717) is 6.42 Å². The molecule has 29 heavy (non-hydrogen) atoms. The number of hydrogen-bond donors (Lipinski definition) is 2. The van der Waals surface area contributed by atoms with Gasteiger partial charge in [0.05, 0.1) is 5.92 Å². The number of H-pyrrole nitrogens is 1. The standard InChI is InChI=1S/C21H27N3O5/c1-4-11-24-18(22)17(19(26)23-21(24)28)15(25)12-29-20(27)16(13(3)5-2)14-9-7-6-8-10-14/h6-10,13,16H,4-5,11-12,22H2,1-3H3,(H,23,26,28)/t13-,16+/m1/s1. The molecule has 2 aromatic rings. The lowest BCUT2D eigenvalue weighted by atomic mass is 9.85. The molecule has 3 N–H and O–H groups in total. The first-order valence-electron chi connectivity index (χ1n) is 9.69. The summed E-state index contributed by atoms with van der Waals surface area (Å²) in [7, 11) is 0. The lowest BCUT2D eigenvalue weighted by molar-refractivity contribution is -0.145. The third-order valence-electron chi connectivity index (χ3n) is 4.94. The van der Waals surface area contributed by atoms with Gasteiger partial charge in [-0.15, -0.1) is 0 Å². The van der Waals surface area contributed by atoms with Gasteiger partial charge in [-0.25, -0.2) is 4.79 Å². The highest BCUT2D eigenvalue weighted by Gasteiger charge is 2.28. The van der Waals surface area contributed by atoms with E-state index in [4.69, 9.17) is 10.5 Å². The van der Waals surface area contributed by atoms with Crippen LogP contribution < -0.4 is 17.0 Å². The van der Waals surface area contributed by atoms with Crippen LogP contribution in [0.4, 0.5) is 5.82 Å². The second-order valence-electron chi connectivity index (χ2n) is 6.98. The average molecular weight is 401 g/mol. The molecule has 0 saturated carbocycles. The van der Waals surface area contributed by atoms with Crippen LogP contribution in [0, 0.1) is 5.92 Å². The van der Waals surface area contributed by atoms with Crippen LogP contribution in [0.1, 0.15) is 55.5 Å². The number of carbonyl (C=O) groups excluding carboxylic acids is 2. The SMILES string of the molecule is CCCn1c(N)c(C(=O)COC(=O)[C@H](c2ccccc2)[C@H](C)CC)c(=O)[nH]c1=O. The summed E-state index contributed by atoms with van der Waals surface area (Å²) in [5.74, 6) is -2.05. The van der Waals surface area contributed by atoms with Gasteiger partial charge in [0.15, 0.2) is 6.61 Å². The fraction of sp³-hybridized carbons (Fsp3) is 0.429. The molecule has 0 unspecified atom stereocenters. The lowest BCUT2D eigenvalue weighted by Gasteiger charge is -2.21. The highest BCUT2D eigenvalue weighted by molar-refractivity contribution is 6.01. The van der Waals surface area contributed by atoms with Gasteiger partial charge >= 0.3 is 11.7 Å². The van der Waals surface area contributed by atoms with Gasteiger partial charge in [-0.05, 0) is 17.9 Å². The summed E-state index contributed by atoms with van der Waals surface area (Å²) in [5, 5.41) is 0. The van der Waals surface area contributed by atoms with Crippen molar-refractivity contribution < 1.29 is 14.3 Å². The van der Waals surface area contributed by atoms with Crippen LogP contribution in [0.2, 0.25) is 0 Å². The zero-order chi connectivity index (χ0) is 21.6. The number of benzene rings is 1. The number of ketones is 1. The number of Topliss-reactive ketones (excluding diaryl/α,β-unsaturated/α-hetero) is 1. The van der Waals surface area contributed by atoms with Gasteiger partial charge in [0.2, 0.25) is 5.78 Å². The number of esters is 1. The molecule has 0 saturated heterocycles. The lowest BCUT2D eigenvalue weighted by Crippen LogP contribution is -2.37. The van der Waals surface area contributed by atoms with Crippen molar-refractivity contribution in [2.75, 3.05) is 12.3 Å². The number of nitrogens with zero attached hydrogens (tertiary/aromatic N) is 1. The molecule has 0 amide bonds. The summed E-state index contributed by atoms with van der Waals surface area (Å²) in [6.07, 6.45) is 1.34. The van der Waals surface area contributed by atoms with E-state index in [2.05, 4.69) is 4.98 Å². The van der Waals surface area contributed by atoms with Gasteiger partial charge in [-0.3, -0.25) is 23.9 Å². The third kappa shape index (κ3) is 5.01. The first-order chi connectivity index (χ1) is 13.8. The number of hydrogen-bond acceptors (Lipinski definition) is 6. The molecule has 0 aliphatic heterocycles. The van der Waals surface area contributed by atoms with Crippen LogP contribution in [0.15, 0.2) is 39.9 Å². The summed E-state index contributed by atoms with van der Waals surface area (Å²) in [6, 6.07) is 9.19. The average Bonchev–Trinajstić information content (AvgIpc) is 2.70. The zero-order valence-electron chi connectivity index (χ0n) is 16.9. The van der Waals surface area contributed by atoms with Crippen molar-refractivity contribution in [3.05, 3.63) is 62.3 Å². The van der Waals surface area contributed by atoms with Gasteiger partial charge in [0.25, 0.3) is 5.56 Å². The van der Waals surface area contributed by atoms with Crippen molar-refractivity contribution in [2.45, 2.75) is 46.1 Å². The molecule has 0 fully saturated rings. The van der Waals surface area contributed by atoms with Crippen molar-refractivity contribution in [2.24, 2.45) is 5.92 Å². The minimum atomic E-state index is -0.887. The topological polar surface area (TPSA) is 124 Å². The van der Waals surface area contributed by atoms with Gasteiger partial charge in [-0.2, -0.15) is 0 Å². The highest BCUT2D eigenvalue weighted by atomic mass is 16.5. The Balaban J connectivity index is 2.23. The van der Waals surface area contributed by atoms with E-state index >= 15 is 0 Å². The molecule has 0 aliphatic rings. The molecule has 2 rings (SSSR count). The van der Waals surface area contributed by atoms with E-state index < -0.39 is 35.5 Å². The highest BCUT2D eigenvalue weighted by Crippen LogP contribution is 2.28. The third-order valence-corrected chi connectivity index (χ3v) is 4.94. The number of nitrogen functional groups attached to an aromatic ring is 1. The maximum absolute atomic E-state index is 12.7. The fourth-order valence-electron chi connectivity index (χ4n) is 3.19. The molecule has 2 atom stereocenters. The summed E-state index contributed by atoms with van der Waals surface area (Å²) in [4.78, 5) is 51.4. The van der Waals surface area contributed by atoms with Crippen molar-refractivity contribution in [1.29, 1.82) is 0 Å². The molecule has 156 valence electrons. The minimum absolute atomic E-state index is 0.0000616. The van der Waals surface area contributed by atoms with Gasteiger partial charge in [-0.1, -0.05) is 57.5 Å². The quantitative estimate of drug-likeness (QED) is 0.490. The molecular formula is C21H27N3O5. The molecule has 1 aromatic heterocycles. The molecule has 0 aliphatic carbocycles. The maximum Gasteiger partial charge on any atom is 0.329 e. The van der Waals surface area contributed by atoms with Crippen LogP contribution >= 0.6 is 0 Å². The Morgan fingerprint density at radius 1 is 1.17 bits per heavy atom. The van der Waals surface area contributed by atoms with Crippen molar-refractivity contribution in [1.82, 2.24) is 9.55 Å². The maximum atomic E-state index is 12.7. The number of aromatic amines is 1. The summed E-state index contributed by atoms with van der Waals surface area (Å²) in [5.41, 5.74) is 4.75. The second kappa shape index (κ2) is 9.86. The Labute approximate surface area is 168 Å². The number of carbonyl (C=O) groups is 2. The summed E-state index contributed by atoms with van der Waals surface area (Å²) >= 11 is 0. The smallest absolute Gasteiger partial charge is 0.329 e. The molecule has 0 radical (unpaired) electrons.